The van der Waals surface area contributed by atoms with Gasteiger partial charge in [0.25, 0.3) is 8.05 Å². The van der Waals surface area contributed by atoms with E-state index < -0.39 is 0 Å². The Bertz CT molecular complexity index is 110. The summed E-state index contributed by atoms with van der Waals surface area (Å²) in [6, 6.07) is 0.701. The third kappa shape index (κ3) is 2.84. The first-order valence-electron chi connectivity index (χ1n) is 4.36. The molecule has 0 aliphatic carbocycles. The molecule has 0 amide bonds. The van der Waals surface area contributed by atoms with Gasteiger partial charge in [-0.3, -0.25) is 0 Å². The van der Waals surface area contributed by atoms with E-state index in [9.17, 15) is 0 Å². The summed E-state index contributed by atoms with van der Waals surface area (Å²) < 4.78 is 4.57. The van der Waals surface area contributed by atoms with Crippen molar-refractivity contribution >= 4 is 8.05 Å². The lowest BCUT2D eigenvalue weighted by molar-refractivity contribution is 0.156. The van der Waals surface area contributed by atoms with Crippen molar-refractivity contribution in [2.75, 3.05) is 20.2 Å². The number of hydrogen-bond acceptors (Lipinski definition) is 2. The quantitative estimate of drug-likeness (QED) is 0.560. The Balaban J connectivity index is 2.18. The normalized spacial score (nSPS) is 27.2. The van der Waals surface area contributed by atoms with Crippen LogP contribution in [0.4, 0.5) is 0 Å². The zero-order chi connectivity index (χ0) is 8.10. The van der Waals surface area contributed by atoms with E-state index in [-0.39, 0.29) is 0 Å². The summed E-state index contributed by atoms with van der Waals surface area (Å²) in [7, 11) is 7.15. The van der Waals surface area contributed by atoms with Crippen LogP contribution in [0.2, 0.25) is 0 Å². The predicted octanol–water partition coefficient (Wildman–Crippen LogP) is 0.961. The van der Waals surface area contributed by atoms with Crippen LogP contribution in [-0.4, -0.2) is 39.2 Å². The second-order valence-corrected chi connectivity index (χ2v) is 3.29. The van der Waals surface area contributed by atoms with Crippen LogP contribution in [0.15, 0.2) is 0 Å². The van der Waals surface area contributed by atoms with Crippen molar-refractivity contribution in [2.45, 2.75) is 31.7 Å². The van der Waals surface area contributed by atoms with Crippen molar-refractivity contribution in [1.82, 2.24) is 4.90 Å². The maximum absolute atomic E-state index is 4.97. The highest BCUT2D eigenvalue weighted by atomic mass is 16.4. The maximum Gasteiger partial charge on any atom is 0.282 e. The van der Waals surface area contributed by atoms with Crippen LogP contribution in [0.1, 0.15) is 25.7 Å². The Kier molecular flexibility index (Phi) is 3.94. The Morgan fingerprint density at radius 1 is 1.55 bits per heavy atom. The molecule has 11 heavy (non-hydrogen) atoms. The second kappa shape index (κ2) is 4.78. The van der Waals surface area contributed by atoms with E-state index in [1.807, 2.05) is 0 Å². The van der Waals surface area contributed by atoms with Gasteiger partial charge in [-0.1, -0.05) is 6.42 Å². The molecule has 1 atom stereocenters. The molecule has 2 radical (unpaired) electrons. The SMILES string of the molecule is [B]OCCC1CCCCN1C. The Morgan fingerprint density at radius 2 is 2.36 bits per heavy atom. The van der Waals surface area contributed by atoms with Crippen LogP contribution in [0.25, 0.3) is 0 Å². The molecule has 0 bridgehead atoms. The summed E-state index contributed by atoms with van der Waals surface area (Å²) in [5, 5.41) is 0. The molecule has 0 aromatic rings. The lowest BCUT2D eigenvalue weighted by Crippen LogP contribution is -2.36. The van der Waals surface area contributed by atoms with Gasteiger partial charge in [0, 0.05) is 12.6 Å². The highest BCUT2D eigenvalue weighted by Gasteiger charge is 2.17. The minimum absolute atomic E-state index is 0.689. The lowest BCUT2D eigenvalue weighted by Gasteiger charge is -2.32. The number of piperidine rings is 1. The molecule has 0 aromatic heterocycles. The predicted molar refractivity (Wildman–Crippen MR) is 46.6 cm³/mol. The average molecular weight is 153 g/mol. The van der Waals surface area contributed by atoms with Crippen molar-refractivity contribution in [3.63, 3.8) is 0 Å². The highest BCUT2D eigenvalue weighted by Crippen LogP contribution is 2.17. The fourth-order valence-corrected chi connectivity index (χ4v) is 1.71. The molecule has 0 spiro atoms. The number of likely N-dealkylation sites (tertiary alicyclic amines) is 1. The zero-order valence-electron chi connectivity index (χ0n) is 7.25. The van der Waals surface area contributed by atoms with E-state index in [1.165, 1.54) is 25.8 Å². The molecule has 1 saturated heterocycles. The molecule has 0 saturated carbocycles. The molecule has 1 aliphatic heterocycles. The van der Waals surface area contributed by atoms with Gasteiger partial charge in [-0.15, -0.1) is 0 Å². The van der Waals surface area contributed by atoms with Crippen LogP contribution in [0.5, 0.6) is 0 Å². The molecule has 0 aromatic carbocycles. The fraction of sp³-hybridized carbons (Fsp3) is 1.00. The Labute approximate surface area is 70.3 Å². The third-order valence-electron chi connectivity index (χ3n) is 2.49. The largest absolute Gasteiger partial charge is 0.448 e. The first kappa shape index (κ1) is 9.08. The third-order valence-corrected chi connectivity index (χ3v) is 2.49. The first-order chi connectivity index (χ1) is 5.34. The summed E-state index contributed by atoms with van der Waals surface area (Å²) in [5.74, 6) is 0. The lowest BCUT2D eigenvalue weighted by atomic mass is 10.0. The van der Waals surface area contributed by atoms with Gasteiger partial charge in [0.2, 0.25) is 0 Å². The van der Waals surface area contributed by atoms with E-state index >= 15 is 0 Å². The molecule has 3 heteroatoms. The van der Waals surface area contributed by atoms with Gasteiger partial charge in [-0.2, -0.15) is 0 Å². The number of hydrogen-bond donors (Lipinski definition) is 0. The monoisotopic (exact) mass is 153 g/mol. The molecular formula is C8H16BNO. The van der Waals surface area contributed by atoms with E-state index in [2.05, 4.69) is 16.6 Å². The van der Waals surface area contributed by atoms with Gasteiger partial charge < -0.3 is 9.55 Å². The Morgan fingerprint density at radius 3 is 3.00 bits per heavy atom. The average Bonchev–Trinajstić information content (AvgIpc) is 2.03. The van der Waals surface area contributed by atoms with Crippen LogP contribution >= 0.6 is 0 Å². The molecule has 1 heterocycles. The summed E-state index contributed by atoms with van der Waals surface area (Å²) in [4.78, 5) is 2.41. The van der Waals surface area contributed by atoms with Crippen LogP contribution in [-0.2, 0) is 4.65 Å². The summed E-state index contributed by atoms with van der Waals surface area (Å²) in [5.41, 5.74) is 0. The summed E-state index contributed by atoms with van der Waals surface area (Å²) in [6.07, 6.45) is 5.09. The van der Waals surface area contributed by atoms with Gasteiger partial charge >= 0.3 is 0 Å². The summed E-state index contributed by atoms with van der Waals surface area (Å²) in [6.45, 7) is 1.92. The molecule has 0 N–H and O–H groups in total. The number of rotatable bonds is 3. The van der Waals surface area contributed by atoms with Gasteiger partial charge in [0.05, 0.1) is 0 Å². The molecular weight excluding hydrogens is 137 g/mol. The molecule has 1 aliphatic rings. The molecule has 62 valence electrons. The maximum atomic E-state index is 4.97. The van der Waals surface area contributed by atoms with E-state index in [0.717, 1.165) is 6.42 Å². The Hall–Kier alpha value is -0.0151. The first-order valence-corrected chi connectivity index (χ1v) is 4.36. The van der Waals surface area contributed by atoms with Crippen LogP contribution in [0, 0.1) is 0 Å². The molecule has 1 unspecified atom stereocenters. The van der Waals surface area contributed by atoms with E-state index in [1.54, 1.807) is 0 Å². The van der Waals surface area contributed by atoms with Gasteiger partial charge in [-0.05, 0) is 32.9 Å². The minimum Gasteiger partial charge on any atom is -0.448 e. The second-order valence-electron chi connectivity index (χ2n) is 3.29. The van der Waals surface area contributed by atoms with Crippen molar-refractivity contribution in [1.29, 1.82) is 0 Å². The topological polar surface area (TPSA) is 12.5 Å². The van der Waals surface area contributed by atoms with Crippen molar-refractivity contribution in [3.8, 4) is 0 Å². The molecule has 1 fully saturated rings. The van der Waals surface area contributed by atoms with Crippen LogP contribution < -0.4 is 0 Å². The standard InChI is InChI=1S/C8H16BNO/c1-10-6-3-2-4-8(10)5-7-11-9/h8H,2-7H2,1H3. The minimum atomic E-state index is 0.689. The highest BCUT2D eigenvalue weighted by molar-refractivity contribution is 5.97. The van der Waals surface area contributed by atoms with Gasteiger partial charge in [0.15, 0.2) is 0 Å². The zero-order valence-corrected chi connectivity index (χ0v) is 7.25. The summed E-state index contributed by atoms with van der Waals surface area (Å²) >= 11 is 0. The van der Waals surface area contributed by atoms with E-state index in [4.69, 9.17) is 8.05 Å². The molecule has 2 nitrogen and oxygen atoms in total. The van der Waals surface area contributed by atoms with Gasteiger partial charge in [0.1, 0.15) is 0 Å². The smallest absolute Gasteiger partial charge is 0.282 e. The van der Waals surface area contributed by atoms with Gasteiger partial charge in [-0.25, -0.2) is 0 Å². The molecule has 1 rings (SSSR count). The van der Waals surface area contributed by atoms with Crippen molar-refractivity contribution in [3.05, 3.63) is 0 Å². The van der Waals surface area contributed by atoms with Crippen molar-refractivity contribution < 1.29 is 4.65 Å². The van der Waals surface area contributed by atoms with Crippen LogP contribution in [0.3, 0.4) is 0 Å². The number of nitrogens with zero attached hydrogens (tertiary/aromatic N) is 1. The fourth-order valence-electron chi connectivity index (χ4n) is 1.71. The van der Waals surface area contributed by atoms with Crippen molar-refractivity contribution in [2.24, 2.45) is 0 Å². The van der Waals surface area contributed by atoms with E-state index in [0.29, 0.717) is 12.6 Å².